The Morgan fingerprint density at radius 3 is 2.00 bits per heavy atom. The molecular weight excluding hydrogens is 332 g/mol. The number of hydrogen-bond donors (Lipinski definition) is 1. The van der Waals surface area contributed by atoms with Gasteiger partial charge in [0.15, 0.2) is 0 Å². The maximum absolute atomic E-state index is 10.4. The second-order valence-corrected chi connectivity index (χ2v) is 8.10. The zero-order chi connectivity index (χ0) is 19.1. The minimum atomic E-state index is -0.590. The molecule has 3 heteroatoms. The van der Waals surface area contributed by atoms with Crippen LogP contribution in [0.3, 0.4) is 0 Å². The molecule has 2 aliphatic rings. The van der Waals surface area contributed by atoms with Gasteiger partial charge in [0.05, 0.1) is 5.60 Å². The molecule has 0 amide bonds. The molecule has 0 bridgehead atoms. The third-order valence-corrected chi connectivity index (χ3v) is 6.08. The van der Waals surface area contributed by atoms with Crippen molar-refractivity contribution >= 4 is 0 Å². The number of piperidine rings is 2. The molecule has 1 N–H and O–H groups in total. The van der Waals surface area contributed by atoms with Crippen molar-refractivity contribution in [2.45, 2.75) is 43.7 Å². The molecule has 1 unspecified atom stereocenters. The number of hydrogen-bond acceptors (Lipinski definition) is 3. The molecule has 2 heterocycles. The number of aliphatic hydroxyl groups is 1. The van der Waals surface area contributed by atoms with Gasteiger partial charge in [-0.15, -0.1) is 0 Å². The third-order valence-electron chi connectivity index (χ3n) is 6.08. The van der Waals surface area contributed by atoms with Gasteiger partial charge in [-0.25, -0.2) is 0 Å². The third kappa shape index (κ3) is 5.41. The van der Waals surface area contributed by atoms with Gasteiger partial charge in [0.1, 0.15) is 0 Å². The molecule has 2 aromatic carbocycles. The van der Waals surface area contributed by atoms with Crippen LogP contribution in [0.15, 0.2) is 60.7 Å². The molecule has 0 spiro atoms. The van der Waals surface area contributed by atoms with Crippen LogP contribution in [0.5, 0.6) is 0 Å². The first kappa shape index (κ1) is 20.1. The van der Waals surface area contributed by atoms with Crippen molar-refractivity contribution in [2.75, 3.05) is 33.7 Å². The first-order valence-corrected chi connectivity index (χ1v) is 10.3. The summed E-state index contributed by atoms with van der Waals surface area (Å²) in [5, 5.41) is 10.4. The molecule has 2 aromatic rings. The fraction of sp³-hybridized carbons (Fsp3) is 0.500. The van der Waals surface area contributed by atoms with Crippen molar-refractivity contribution < 1.29 is 5.11 Å². The minimum absolute atomic E-state index is 0.590. The number of nitrogens with zero attached hydrogens (tertiary/aromatic N) is 2. The molecule has 146 valence electrons. The van der Waals surface area contributed by atoms with Crippen LogP contribution in [0.2, 0.25) is 0 Å². The van der Waals surface area contributed by atoms with E-state index in [1.54, 1.807) is 0 Å². The van der Waals surface area contributed by atoms with Crippen molar-refractivity contribution in [3.63, 3.8) is 0 Å². The largest absolute Gasteiger partial charge is 0.385 e. The van der Waals surface area contributed by atoms with E-state index in [-0.39, 0.29) is 0 Å². The lowest BCUT2D eigenvalue weighted by molar-refractivity contribution is -0.0203. The number of benzene rings is 2. The molecule has 0 saturated carbocycles. The van der Waals surface area contributed by atoms with Crippen LogP contribution in [-0.2, 0) is 5.60 Å². The summed E-state index contributed by atoms with van der Waals surface area (Å²) in [6.07, 6.45) is 5.74. The lowest BCUT2D eigenvalue weighted by atomic mass is 9.85. The minimum Gasteiger partial charge on any atom is -0.385 e. The lowest BCUT2D eigenvalue weighted by Crippen LogP contribution is -2.40. The van der Waals surface area contributed by atoms with Gasteiger partial charge in [-0.05, 0) is 57.5 Å². The summed E-state index contributed by atoms with van der Waals surface area (Å²) in [7, 11) is 4.33. The normalized spacial score (nSPS) is 23.3. The van der Waals surface area contributed by atoms with Crippen molar-refractivity contribution in [3.8, 4) is 0 Å². The Balaban J connectivity index is 0.000000156. The molecule has 0 aromatic heterocycles. The molecule has 27 heavy (non-hydrogen) atoms. The summed E-state index contributed by atoms with van der Waals surface area (Å²) >= 11 is 0. The van der Waals surface area contributed by atoms with E-state index in [2.05, 4.69) is 54.2 Å². The van der Waals surface area contributed by atoms with Gasteiger partial charge in [0.2, 0.25) is 0 Å². The van der Waals surface area contributed by atoms with Crippen LogP contribution in [-0.4, -0.2) is 48.6 Å². The first-order chi connectivity index (χ1) is 13.1. The SMILES string of the molecule is CN1CCC(O)(c2ccccc2)CC1.CN1CCCCC1c1ccccc1. The molecule has 1 atom stereocenters. The van der Waals surface area contributed by atoms with Crippen LogP contribution in [0, 0.1) is 0 Å². The molecule has 3 nitrogen and oxygen atoms in total. The Bertz CT molecular complexity index is 665. The zero-order valence-electron chi connectivity index (χ0n) is 16.8. The predicted molar refractivity (Wildman–Crippen MR) is 113 cm³/mol. The van der Waals surface area contributed by atoms with E-state index in [9.17, 15) is 5.11 Å². The molecule has 2 aliphatic heterocycles. The maximum atomic E-state index is 10.4. The highest BCUT2D eigenvalue weighted by Crippen LogP contribution is 2.32. The highest BCUT2D eigenvalue weighted by molar-refractivity contribution is 5.23. The highest BCUT2D eigenvalue weighted by Gasteiger charge is 2.32. The van der Waals surface area contributed by atoms with E-state index in [0.29, 0.717) is 6.04 Å². The average molecular weight is 367 g/mol. The van der Waals surface area contributed by atoms with Gasteiger partial charge in [-0.1, -0.05) is 67.1 Å². The van der Waals surface area contributed by atoms with Gasteiger partial charge in [0.25, 0.3) is 0 Å². The number of rotatable bonds is 2. The van der Waals surface area contributed by atoms with Crippen LogP contribution in [0.4, 0.5) is 0 Å². The summed E-state index contributed by atoms with van der Waals surface area (Å²) in [6.45, 7) is 3.20. The highest BCUT2D eigenvalue weighted by atomic mass is 16.3. The second kappa shape index (κ2) is 9.50. The van der Waals surface area contributed by atoms with E-state index in [1.165, 1.54) is 31.4 Å². The van der Waals surface area contributed by atoms with Gasteiger partial charge >= 0.3 is 0 Å². The zero-order valence-corrected chi connectivity index (χ0v) is 16.8. The van der Waals surface area contributed by atoms with E-state index in [4.69, 9.17) is 0 Å². The summed E-state index contributed by atoms with van der Waals surface area (Å²) in [4.78, 5) is 4.73. The molecule has 0 aliphatic carbocycles. The summed E-state index contributed by atoms with van der Waals surface area (Å²) in [5.74, 6) is 0. The lowest BCUT2D eigenvalue weighted by Gasteiger charge is -2.36. The Kier molecular flexibility index (Phi) is 7.06. The molecular formula is C24H34N2O. The Labute approximate surface area is 164 Å². The Hall–Kier alpha value is -1.68. The molecule has 4 rings (SSSR count). The fourth-order valence-electron chi connectivity index (χ4n) is 4.20. The average Bonchev–Trinajstić information content (AvgIpc) is 2.73. The van der Waals surface area contributed by atoms with E-state index >= 15 is 0 Å². The van der Waals surface area contributed by atoms with Crippen molar-refractivity contribution in [1.29, 1.82) is 0 Å². The van der Waals surface area contributed by atoms with Crippen LogP contribution < -0.4 is 0 Å². The Morgan fingerprint density at radius 2 is 1.41 bits per heavy atom. The maximum Gasteiger partial charge on any atom is 0.0920 e. The molecule has 2 saturated heterocycles. The van der Waals surface area contributed by atoms with Crippen molar-refractivity contribution in [1.82, 2.24) is 9.80 Å². The topological polar surface area (TPSA) is 26.7 Å². The van der Waals surface area contributed by atoms with Gasteiger partial charge in [-0.2, -0.15) is 0 Å². The smallest absolute Gasteiger partial charge is 0.0920 e. The first-order valence-electron chi connectivity index (χ1n) is 10.3. The summed E-state index contributed by atoms with van der Waals surface area (Å²) in [6, 6.07) is 21.5. The Morgan fingerprint density at radius 1 is 0.815 bits per heavy atom. The van der Waals surface area contributed by atoms with E-state index < -0.39 is 5.60 Å². The van der Waals surface area contributed by atoms with Crippen molar-refractivity contribution in [3.05, 3.63) is 71.8 Å². The summed E-state index contributed by atoms with van der Waals surface area (Å²) in [5.41, 5.74) is 1.95. The fourth-order valence-corrected chi connectivity index (χ4v) is 4.20. The van der Waals surface area contributed by atoms with Crippen LogP contribution >= 0.6 is 0 Å². The van der Waals surface area contributed by atoms with Gasteiger partial charge in [0, 0.05) is 19.1 Å². The van der Waals surface area contributed by atoms with Crippen molar-refractivity contribution in [2.24, 2.45) is 0 Å². The van der Waals surface area contributed by atoms with Gasteiger partial charge in [-0.3, -0.25) is 4.90 Å². The monoisotopic (exact) mass is 366 g/mol. The second-order valence-electron chi connectivity index (χ2n) is 8.10. The quantitative estimate of drug-likeness (QED) is 0.851. The van der Waals surface area contributed by atoms with Crippen LogP contribution in [0.1, 0.15) is 49.3 Å². The van der Waals surface area contributed by atoms with Gasteiger partial charge < -0.3 is 10.0 Å². The summed E-state index contributed by atoms with van der Waals surface area (Å²) < 4.78 is 0. The standard InChI is InChI=1S/C12H17NO.C12H17N/c1-13-9-7-12(14,8-10-13)11-5-3-2-4-6-11;1-13-10-6-5-9-12(13)11-7-3-2-4-8-11/h2-6,14H,7-10H2,1H3;2-4,7-8,12H,5-6,9-10H2,1H3. The van der Waals surface area contributed by atoms with Crippen LogP contribution in [0.25, 0.3) is 0 Å². The number of likely N-dealkylation sites (tertiary alicyclic amines) is 2. The molecule has 0 radical (unpaired) electrons. The molecule has 2 fully saturated rings. The predicted octanol–water partition coefficient (Wildman–Crippen LogP) is 4.44. The van der Waals surface area contributed by atoms with E-state index in [0.717, 1.165) is 31.5 Å². The van der Waals surface area contributed by atoms with E-state index in [1.807, 2.05) is 30.3 Å².